The number of carbonyl (C=O) groups is 1. The van der Waals surface area contributed by atoms with E-state index in [1.165, 1.54) is 0 Å². The molecule has 1 fully saturated rings. The molecule has 0 saturated carbocycles. The van der Waals surface area contributed by atoms with Crippen molar-refractivity contribution in [3.05, 3.63) is 0 Å². The van der Waals surface area contributed by atoms with Crippen LogP contribution in [-0.2, 0) is 9.53 Å². The summed E-state index contributed by atoms with van der Waals surface area (Å²) in [5, 5.41) is 8.67. The Balaban J connectivity index is 2.13. The number of hydrogen-bond acceptors (Lipinski definition) is 3. The molecule has 4 nitrogen and oxygen atoms in total. The summed E-state index contributed by atoms with van der Waals surface area (Å²) in [5.41, 5.74) is 0. The van der Waals surface area contributed by atoms with E-state index in [1.807, 2.05) is 0 Å². The third kappa shape index (κ3) is 3.74. The smallest absolute Gasteiger partial charge is 0.306 e. The van der Waals surface area contributed by atoms with Crippen LogP contribution in [0.1, 0.15) is 13.3 Å². The molecule has 0 aromatic carbocycles. The molecule has 76 valence electrons. The molecule has 13 heavy (non-hydrogen) atoms. The monoisotopic (exact) mass is 187 g/mol. The highest BCUT2D eigenvalue weighted by Gasteiger charge is 2.14. The summed E-state index contributed by atoms with van der Waals surface area (Å²) < 4.78 is 5.20. The zero-order valence-electron chi connectivity index (χ0n) is 8.03. The molecular formula is C9H17NO3. The van der Waals surface area contributed by atoms with Gasteiger partial charge in [-0.15, -0.1) is 0 Å². The fourth-order valence-corrected chi connectivity index (χ4v) is 1.32. The van der Waals surface area contributed by atoms with Gasteiger partial charge in [0.1, 0.15) is 0 Å². The van der Waals surface area contributed by atoms with Crippen LogP contribution >= 0.6 is 0 Å². The second kappa shape index (κ2) is 5.19. The van der Waals surface area contributed by atoms with Gasteiger partial charge in [0.05, 0.1) is 19.1 Å². The molecule has 1 N–H and O–H groups in total. The van der Waals surface area contributed by atoms with Crippen LogP contribution in [-0.4, -0.2) is 48.8 Å². The Morgan fingerprint density at radius 2 is 2.15 bits per heavy atom. The molecule has 0 aromatic heterocycles. The molecule has 0 aliphatic carbocycles. The maximum absolute atomic E-state index is 10.5. The minimum absolute atomic E-state index is 0.233. The van der Waals surface area contributed by atoms with Crippen molar-refractivity contribution in [1.29, 1.82) is 0 Å². The van der Waals surface area contributed by atoms with Crippen LogP contribution in [0.15, 0.2) is 0 Å². The van der Waals surface area contributed by atoms with Gasteiger partial charge in [-0.05, 0) is 13.0 Å². The van der Waals surface area contributed by atoms with Gasteiger partial charge in [0.2, 0.25) is 0 Å². The molecule has 1 aliphatic rings. The maximum Gasteiger partial charge on any atom is 0.306 e. The number of hydrogen-bond donors (Lipinski definition) is 1. The number of rotatable bonds is 4. The molecule has 0 unspecified atom stereocenters. The quantitative estimate of drug-likeness (QED) is 0.693. The molecule has 1 rings (SSSR count). The van der Waals surface area contributed by atoms with Gasteiger partial charge in [-0.1, -0.05) is 6.92 Å². The lowest BCUT2D eigenvalue weighted by atomic mass is 10.1. The molecular weight excluding hydrogens is 170 g/mol. The van der Waals surface area contributed by atoms with Crippen LogP contribution in [0.25, 0.3) is 0 Å². The molecule has 0 bridgehead atoms. The maximum atomic E-state index is 10.5. The van der Waals surface area contributed by atoms with Gasteiger partial charge in [0, 0.05) is 13.1 Å². The summed E-state index contributed by atoms with van der Waals surface area (Å²) in [6.07, 6.45) is 0.731. The Kier molecular flexibility index (Phi) is 4.18. The van der Waals surface area contributed by atoms with E-state index < -0.39 is 5.97 Å². The van der Waals surface area contributed by atoms with Crippen LogP contribution in [0.2, 0.25) is 0 Å². The van der Waals surface area contributed by atoms with Gasteiger partial charge >= 0.3 is 5.97 Å². The lowest BCUT2D eigenvalue weighted by Crippen LogP contribution is -2.37. The first-order valence-corrected chi connectivity index (χ1v) is 4.73. The Morgan fingerprint density at radius 3 is 2.69 bits per heavy atom. The second-order valence-electron chi connectivity index (χ2n) is 3.48. The minimum atomic E-state index is -0.701. The Morgan fingerprint density at radius 1 is 1.54 bits per heavy atom. The topological polar surface area (TPSA) is 49.8 Å². The third-order valence-electron chi connectivity index (χ3n) is 2.40. The Hall–Kier alpha value is -0.610. The molecule has 1 saturated heterocycles. The van der Waals surface area contributed by atoms with Gasteiger partial charge in [-0.3, -0.25) is 9.69 Å². The van der Waals surface area contributed by atoms with E-state index in [4.69, 9.17) is 9.84 Å². The van der Waals surface area contributed by atoms with Gasteiger partial charge in [-0.2, -0.15) is 0 Å². The van der Waals surface area contributed by atoms with E-state index in [0.717, 1.165) is 39.3 Å². The van der Waals surface area contributed by atoms with E-state index in [-0.39, 0.29) is 5.92 Å². The fourth-order valence-electron chi connectivity index (χ4n) is 1.32. The fraction of sp³-hybridized carbons (Fsp3) is 0.889. The largest absolute Gasteiger partial charge is 0.481 e. The molecule has 0 radical (unpaired) electrons. The van der Waals surface area contributed by atoms with Gasteiger partial charge in [0.15, 0.2) is 0 Å². The second-order valence-corrected chi connectivity index (χ2v) is 3.48. The van der Waals surface area contributed by atoms with Crippen molar-refractivity contribution in [1.82, 2.24) is 4.90 Å². The third-order valence-corrected chi connectivity index (χ3v) is 2.40. The van der Waals surface area contributed by atoms with E-state index in [2.05, 4.69) is 4.90 Å². The summed E-state index contributed by atoms with van der Waals surface area (Å²) >= 11 is 0. The van der Waals surface area contributed by atoms with Gasteiger partial charge in [0.25, 0.3) is 0 Å². The highest BCUT2D eigenvalue weighted by Crippen LogP contribution is 2.05. The average molecular weight is 187 g/mol. The predicted molar refractivity (Wildman–Crippen MR) is 48.7 cm³/mol. The zero-order valence-corrected chi connectivity index (χ0v) is 8.03. The van der Waals surface area contributed by atoms with Crippen LogP contribution in [0.4, 0.5) is 0 Å². The van der Waals surface area contributed by atoms with Crippen molar-refractivity contribution in [3.63, 3.8) is 0 Å². The predicted octanol–water partition coefficient (Wildman–Crippen LogP) is 0.429. The molecule has 0 aromatic rings. The molecule has 4 heteroatoms. The number of ether oxygens (including phenoxy) is 1. The summed E-state index contributed by atoms with van der Waals surface area (Å²) in [7, 11) is 0. The molecule has 0 spiro atoms. The number of nitrogens with zero attached hydrogens (tertiary/aromatic N) is 1. The molecule has 1 aliphatic heterocycles. The van der Waals surface area contributed by atoms with Crippen molar-refractivity contribution >= 4 is 5.97 Å². The zero-order chi connectivity index (χ0) is 9.68. The number of carboxylic acids is 1. The summed E-state index contributed by atoms with van der Waals surface area (Å²) in [4.78, 5) is 12.8. The first kappa shape index (κ1) is 10.5. The average Bonchev–Trinajstić information content (AvgIpc) is 2.15. The molecule has 1 heterocycles. The van der Waals surface area contributed by atoms with Crippen LogP contribution in [0.3, 0.4) is 0 Å². The normalized spacial score (nSPS) is 21.3. The number of aliphatic carboxylic acids is 1. The number of morpholine rings is 1. The van der Waals surface area contributed by atoms with E-state index in [1.54, 1.807) is 6.92 Å². The first-order chi connectivity index (χ1) is 6.20. The van der Waals surface area contributed by atoms with E-state index >= 15 is 0 Å². The highest BCUT2D eigenvalue weighted by atomic mass is 16.5. The highest BCUT2D eigenvalue weighted by molar-refractivity contribution is 5.69. The van der Waals surface area contributed by atoms with Crippen molar-refractivity contribution in [2.24, 2.45) is 5.92 Å². The van der Waals surface area contributed by atoms with Crippen molar-refractivity contribution < 1.29 is 14.6 Å². The van der Waals surface area contributed by atoms with Gasteiger partial charge in [-0.25, -0.2) is 0 Å². The molecule has 0 amide bonds. The standard InChI is InChI=1S/C9H17NO3/c1-8(9(11)12)2-3-10-4-6-13-7-5-10/h8H,2-7H2,1H3,(H,11,12)/t8-/m0/s1. The number of carboxylic acid groups (broad SMARTS) is 1. The van der Waals surface area contributed by atoms with Crippen molar-refractivity contribution in [2.75, 3.05) is 32.8 Å². The van der Waals surface area contributed by atoms with Crippen LogP contribution in [0, 0.1) is 5.92 Å². The Bertz CT molecular complexity index is 166. The van der Waals surface area contributed by atoms with Crippen LogP contribution < -0.4 is 0 Å². The van der Waals surface area contributed by atoms with Gasteiger partial charge < -0.3 is 9.84 Å². The summed E-state index contributed by atoms with van der Waals surface area (Å²) in [6, 6.07) is 0. The summed E-state index contributed by atoms with van der Waals surface area (Å²) in [5.74, 6) is -0.934. The first-order valence-electron chi connectivity index (χ1n) is 4.73. The van der Waals surface area contributed by atoms with E-state index in [0.29, 0.717) is 0 Å². The van der Waals surface area contributed by atoms with E-state index in [9.17, 15) is 4.79 Å². The lowest BCUT2D eigenvalue weighted by Gasteiger charge is -2.26. The SMILES string of the molecule is C[C@@H](CCN1CCOCC1)C(=O)O. The van der Waals surface area contributed by atoms with Crippen molar-refractivity contribution in [3.8, 4) is 0 Å². The lowest BCUT2D eigenvalue weighted by molar-refractivity contribution is -0.141. The Labute approximate surface area is 78.5 Å². The summed E-state index contributed by atoms with van der Waals surface area (Å²) in [6.45, 7) is 6.06. The minimum Gasteiger partial charge on any atom is -0.481 e. The van der Waals surface area contributed by atoms with Crippen LogP contribution in [0.5, 0.6) is 0 Å². The van der Waals surface area contributed by atoms with Crippen molar-refractivity contribution in [2.45, 2.75) is 13.3 Å². The molecule has 1 atom stereocenters.